The van der Waals surface area contributed by atoms with Crippen molar-refractivity contribution in [2.75, 3.05) is 0 Å². The molecule has 0 saturated heterocycles. The van der Waals surface area contributed by atoms with Crippen LogP contribution >= 0.6 is 0 Å². The third kappa shape index (κ3) is 4.04. The molecule has 0 bridgehead atoms. The van der Waals surface area contributed by atoms with E-state index in [0.29, 0.717) is 0 Å². The molecule has 14 heavy (non-hydrogen) atoms. The van der Waals surface area contributed by atoms with E-state index in [1.807, 2.05) is 0 Å². The van der Waals surface area contributed by atoms with Crippen LogP contribution in [-0.2, 0) is 0 Å². The number of hydrogen-bond acceptors (Lipinski definition) is 2. The van der Waals surface area contributed by atoms with Crippen molar-refractivity contribution in [3.63, 3.8) is 0 Å². The van der Waals surface area contributed by atoms with E-state index in [-0.39, 0.29) is 48.8 Å². The molecular formula is C8H6Li2O4. The minimum absolute atomic E-state index is 0. The Bertz CT molecular complexity index is 288. The second-order valence-corrected chi connectivity index (χ2v) is 2.19. The Labute approximate surface area is 105 Å². The van der Waals surface area contributed by atoms with Gasteiger partial charge in [-0.3, -0.25) is 0 Å². The predicted molar refractivity (Wildman–Crippen MR) is 51.9 cm³/mol. The molecule has 4 nitrogen and oxygen atoms in total. The first-order chi connectivity index (χ1) is 5.61. The van der Waals surface area contributed by atoms with Gasteiger partial charge in [-0.25, -0.2) is 9.59 Å². The standard InChI is InChI=1S/C8H6O4.2Li/c9-7(10)5-1-2-6(4-3-5)8(11)12;;/h1-4H,(H,9,10)(H,11,12);;. The zero-order chi connectivity index (χ0) is 9.14. The first-order valence-corrected chi connectivity index (χ1v) is 3.18. The van der Waals surface area contributed by atoms with E-state index in [1.54, 1.807) is 0 Å². The summed E-state index contributed by atoms with van der Waals surface area (Å²) in [6.45, 7) is 0. The molecule has 2 radical (unpaired) electrons. The van der Waals surface area contributed by atoms with E-state index < -0.39 is 11.9 Å². The molecular weight excluding hydrogens is 174 g/mol. The summed E-state index contributed by atoms with van der Waals surface area (Å²) < 4.78 is 0. The summed E-state index contributed by atoms with van der Waals surface area (Å²) in [5.41, 5.74) is 0.167. The number of carbonyl (C=O) groups is 2. The third-order valence-electron chi connectivity index (χ3n) is 1.38. The molecule has 0 aromatic heterocycles. The van der Waals surface area contributed by atoms with Crippen LogP contribution in [0.4, 0.5) is 0 Å². The van der Waals surface area contributed by atoms with Gasteiger partial charge in [0.25, 0.3) is 0 Å². The van der Waals surface area contributed by atoms with Gasteiger partial charge in [0, 0.05) is 37.7 Å². The Kier molecular flexibility index (Phi) is 7.63. The summed E-state index contributed by atoms with van der Waals surface area (Å²) in [5, 5.41) is 16.9. The number of benzene rings is 1. The van der Waals surface area contributed by atoms with Crippen molar-refractivity contribution in [2.45, 2.75) is 0 Å². The van der Waals surface area contributed by atoms with Crippen LogP contribution < -0.4 is 0 Å². The maximum atomic E-state index is 10.3. The Balaban J connectivity index is 0. The predicted octanol–water partition coefficient (Wildman–Crippen LogP) is 0.321. The quantitative estimate of drug-likeness (QED) is 0.642. The monoisotopic (exact) mass is 180 g/mol. The zero-order valence-electron chi connectivity index (χ0n) is 8.02. The number of hydrogen-bond donors (Lipinski definition) is 2. The molecule has 0 unspecified atom stereocenters. The van der Waals surface area contributed by atoms with Gasteiger partial charge in [0.05, 0.1) is 11.1 Å². The molecule has 0 atom stereocenters. The van der Waals surface area contributed by atoms with Crippen molar-refractivity contribution < 1.29 is 19.8 Å². The first-order valence-electron chi connectivity index (χ1n) is 3.18. The molecule has 0 aliphatic carbocycles. The fourth-order valence-corrected chi connectivity index (χ4v) is 0.755. The molecule has 0 saturated carbocycles. The van der Waals surface area contributed by atoms with E-state index >= 15 is 0 Å². The molecule has 0 aliphatic heterocycles. The molecule has 0 heterocycles. The Hall–Kier alpha value is -0.645. The van der Waals surface area contributed by atoms with Crippen LogP contribution in [0.2, 0.25) is 0 Å². The van der Waals surface area contributed by atoms with Gasteiger partial charge in [0.2, 0.25) is 0 Å². The van der Waals surface area contributed by atoms with E-state index in [0.717, 1.165) is 0 Å². The van der Waals surface area contributed by atoms with Gasteiger partial charge >= 0.3 is 11.9 Å². The van der Waals surface area contributed by atoms with Crippen molar-refractivity contribution in [3.8, 4) is 0 Å². The van der Waals surface area contributed by atoms with Gasteiger partial charge in [-0.1, -0.05) is 0 Å². The van der Waals surface area contributed by atoms with Gasteiger partial charge in [-0.15, -0.1) is 0 Å². The number of rotatable bonds is 2. The van der Waals surface area contributed by atoms with Gasteiger partial charge in [-0.2, -0.15) is 0 Å². The van der Waals surface area contributed by atoms with Gasteiger partial charge < -0.3 is 10.2 Å². The molecule has 0 fully saturated rings. The fourth-order valence-electron chi connectivity index (χ4n) is 0.755. The number of carboxylic acid groups (broad SMARTS) is 2. The molecule has 64 valence electrons. The van der Waals surface area contributed by atoms with Crippen molar-refractivity contribution >= 4 is 49.7 Å². The molecule has 1 rings (SSSR count). The molecule has 0 amide bonds. The minimum Gasteiger partial charge on any atom is -0.478 e. The average Bonchev–Trinajstić information content (AvgIpc) is 2.04. The normalized spacial score (nSPS) is 8.00. The van der Waals surface area contributed by atoms with Gasteiger partial charge in [0.1, 0.15) is 0 Å². The van der Waals surface area contributed by atoms with Crippen molar-refractivity contribution in [3.05, 3.63) is 35.4 Å². The second-order valence-electron chi connectivity index (χ2n) is 2.19. The van der Waals surface area contributed by atoms with Crippen molar-refractivity contribution in [1.82, 2.24) is 0 Å². The topological polar surface area (TPSA) is 74.6 Å². The van der Waals surface area contributed by atoms with E-state index in [9.17, 15) is 9.59 Å². The molecule has 0 aliphatic rings. The van der Waals surface area contributed by atoms with Gasteiger partial charge in [0.15, 0.2) is 0 Å². The second kappa shape index (κ2) is 6.76. The zero-order valence-corrected chi connectivity index (χ0v) is 8.02. The van der Waals surface area contributed by atoms with Crippen LogP contribution in [0.25, 0.3) is 0 Å². The minimum atomic E-state index is -1.06. The average molecular weight is 180 g/mol. The third-order valence-corrected chi connectivity index (χ3v) is 1.38. The molecule has 2 N–H and O–H groups in total. The number of carboxylic acids is 2. The maximum Gasteiger partial charge on any atom is 0.335 e. The number of aromatic carboxylic acids is 2. The molecule has 1 aromatic rings. The Morgan fingerprint density at radius 1 is 0.786 bits per heavy atom. The summed E-state index contributed by atoms with van der Waals surface area (Å²) in [6.07, 6.45) is 0. The van der Waals surface area contributed by atoms with Crippen LogP contribution in [0.3, 0.4) is 0 Å². The van der Waals surface area contributed by atoms with Crippen LogP contribution in [0, 0.1) is 0 Å². The molecule has 0 spiro atoms. The van der Waals surface area contributed by atoms with E-state index in [1.165, 1.54) is 24.3 Å². The Morgan fingerprint density at radius 2 is 1.00 bits per heavy atom. The Morgan fingerprint density at radius 3 is 1.14 bits per heavy atom. The fraction of sp³-hybridized carbons (Fsp3) is 0. The van der Waals surface area contributed by atoms with Crippen LogP contribution in [0.15, 0.2) is 24.3 Å². The summed E-state index contributed by atoms with van der Waals surface area (Å²) >= 11 is 0. The van der Waals surface area contributed by atoms with Crippen LogP contribution in [-0.4, -0.2) is 59.9 Å². The van der Waals surface area contributed by atoms with Crippen molar-refractivity contribution in [1.29, 1.82) is 0 Å². The summed E-state index contributed by atoms with van der Waals surface area (Å²) in [7, 11) is 0. The van der Waals surface area contributed by atoms with E-state index in [2.05, 4.69) is 0 Å². The van der Waals surface area contributed by atoms with Crippen molar-refractivity contribution in [2.24, 2.45) is 0 Å². The SMILES string of the molecule is O=C(O)c1ccc(C(=O)O)cc1.[Li].[Li]. The smallest absolute Gasteiger partial charge is 0.335 e. The summed E-state index contributed by atoms with van der Waals surface area (Å²) in [4.78, 5) is 20.7. The largest absolute Gasteiger partial charge is 0.478 e. The molecule has 6 heteroatoms. The maximum absolute atomic E-state index is 10.3. The molecule has 1 aromatic carbocycles. The first kappa shape index (κ1) is 15.8. The van der Waals surface area contributed by atoms with Crippen LogP contribution in [0.5, 0.6) is 0 Å². The van der Waals surface area contributed by atoms with E-state index in [4.69, 9.17) is 10.2 Å². The summed E-state index contributed by atoms with van der Waals surface area (Å²) in [6, 6.07) is 5.02. The van der Waals surface area contributed by atoms with Gasteiger partial charge in [-0.05, 0) is 24.3 Å². The summed E-state index contributed by atoms with van der Waals surface area (Å²) in [5.74, 6) is -2.13. The van der Waals surface area contributed by atoms with Crippen LogP contribution in [0.1, 0.15) is 20.7 Å².